The Morgan fingerprint density at radius 2 is 2.00 bits per heavy atom. The van der Waals surface area contributed by atoms with Crippen LogP contribution < -0.4 is 0 Å². The number of rotatable bonds is 0. The minimum absolute atomic E-state index is 0. The average Bonchev–Trinajstić information content (AvgIpc) is 2.67. The van der Waals surface area contributed by atoms with Gasteiger partial charge in [0, 0.05) is 0 Å². The molecule has 0 saturated carbocycles. The minimum atomic E-state index is 0. The fraction of sp³-hybridized carbons (Fsp3) is 0.333. The standard InChI is InChI=1S/C7H9.C5H5.Zr/c1-6-4-3-5-7(6)2;1-2-4-5-3-1;/h4H,3H2,1-2H3;1-3H,4H2;/q2*-1;+2. The topological polar surface area (TPSA) is 0 Å². The van der Waals surface area contributed by atoms with Crippen LogP contribution in [0.2, 0.25) is 0 Å². The maximum absolute atomic E-state index is 3.19. The van der Waals surface area contributed by atoms with Crippen LogP contribution in [0.1, 0.15) is 26.7 Å². The van der Waals surface area contributed by atoms with Crippen molar-refractivity contribution >= 4 is 0 Å². The van der Waals surface area contributed by atoms with Crippen LogP contribution in [0, 0.1) is 12.2 Å². The summed E-state index contributed by atoms with van der Waals surface area (Å²) < 4.78 is 0. The van der Waals surface area contributed by atoms with Gasteiger partial charge in [-0.05, 0) is 0 Å². The fourth-order valence-corrected chi connectivity index (χ4v) is 0.990. The SMILES string of the molecule is CC1=[C-]CC=C1C.[C-]1=CC=CC1.[Zr+2]. The van der Waals surface area contributed by atoms with Gasteiger partial charge in [-0.2, -0.15) is 12.2 Å². The molecule has 0 fully saturated rings. The molecule has 0 radical (unpaired) electrons. The van der Waals surface area contributed by atoms with E-state index in [1.165, 1.54) is 11.1 Å². The molecule has 0 spiro atoms. The summed E-state index contributed by atoms with van der Waals surface area (Å²) in [6, 6.07) is 0. The predicted molar refractivity (Wildman–Crippen MR) is 52.4 cm³/mol. The quantitative estimate of drug-likeness (QED) is 0.577. The first-order valence-electron chi connectivity index (χ1n) is 4.27. The number of allylic oxidation sites excluding steroid dienone is 8. The van der Waals surface area contributed by atoms with Crippen LogP contribution in [0.3, 0.4) is 0 Å². The van der Waals surface area contributed by atoms with Crippen molar-refractivity contribution in [3.8, 4) is 0 Å². The van der Waals surface area contributed by atoms with Gasteiger partial charge in [-0.3, -0.25) is 12.2 Å². The van der Waals surface area contributed by atoms with E-state index in [1.54, 1.807) is 0 Å². The van der Waals surface area contributed by atoms with E-state index in [9.17, 15) is 0 Å². The molecule has 0 atom stereocenters. The molecule has 0 unspecified atom stereocenters. The number of hydrogen-bond donors (Lipinski definition) is 0. The Balaban J connectivity index is 0.000000215. The van der Waals surface area contributed by atoms with Crippen molar-refractivity contribution in [3.05, 3.63) is 47.6 Å². The Morgan fingerprint density at radius 3 is 2.15 bits per heavy atom. The van der Waals surface area contributed by atoms with E-state index in [0.717, 1.165) is 12.8 Å². The fourth-order valence-electron chi connectivity index (χ4n) is 0.990. The molecule has 0 amide bonds. The molecule has 0 aromatic carbocycles. The van der Waals surface area contributed by atoms with Crippen molar-refractivity contribution in [2.45, 2.75) is 26.7 Å². The average molecular weight is 249 g/mol. The van der Waals surface area contributed by atoms with Crippen molar-refractivity contribution in [3.63, 3.8) is 0 Å². The Kier molecular flexibility index (Phi) is 7.18. The summed E-state index contributed by atoms with van der Waals surface area (Å²) in [6.45, 7) is 4.22. The van der Waals surface area contributed by atoms with Gasteiger partial charge in [-0.15, -0.1) is 19.8 Å². The smallest absolute Gasteiger partial charge is 0.273 e. The third kappa shape index (κ3) is 5.21. The summed E-state index contributed by atoms with van der Waals surface area (Å²) in [6.07, 6.45) is 16.4. The van der Waals surface area contributed by atoms with Gasteiger partial charge < -0.3 is 0 Å². The molecule has 0 nitrogen and oxygen atoms in total. The third-order valence-corrected chi connectivity index (χ3v) is 1.95. The molecule has 0 aromatic rings. The molecule has 2 rings (SSSR count). The van der Waals surface area contributed by atoms with Gasteiger partial charge in [0.25, 0.3) is 0 Å². The number of hydrogen-bond acceptors (Lipinski definition) is 0. The van der Waals surface area contributed by atoms with E-state index in [0.29, 0.717) is 0 Å². The van der Waals surface area contributed by atoms with Crippen LogP contribution in [0.4, 0.5) is 0 Å². The summed E-state index contributed by atoms with van der Waals surface area (Å²) in [7, 11) is 0. The van der Waals surface area contributed by atoms with Gasteiger partial charge in [0.1, 0.15) is 0 Å². The molecule has 0 heterocycles. The van der Waals surface area contributed by atoms with Gasteiger partial charge in [0.05, 0.1) is 0 Å². The van der Waals surface area contributed by atoms with E-state index in [4.69, 9.17) is 0 Å². The van der Waals surface area contributed by atoms with Gasteiger partial charge >= 0.3 is 26.2 Å². The van der Waals surface area contributed by atoms with Crippen LogP contribution in [-0.4, -0.2) is 0 Å². The van der Waals surface area contributed by atoms with Crippen LogP contribution >= 0.6 is 0 Å². The van der Waals surface area contributed by atoms with E-state index in [1.807, 2.05) is 12.2 Å². The van der Waals surface area contributed by atoms with Crippen molar-refractivity contribution in [2.75, 3.05) is 0 Å². The summed E-state index contributed by atoms with van der Waals surface area (Å²) in [5.41, 5.74) is 2.71. The molecular formula is C12H14Zr. The van der Waals surface area contributed by atoms with Crippen molar-refractivity contribution in [1.29, 1.82) is 0 Å². The van der Waals surface area contributed by atoms with Gasteiger partial charge in [-0.25, -0.2) is 23.3 Å². The molecule has 2 aliphatic rings. The zero-order chi connectivity index (χ0) is 8.81. The maximum Gasteiger partial charge on any atom is 2.00 e. The van der Waals surface area contributed by atoms with E-state index in [-0.39, 0.29) is 26.2 Å². The van der Waals surface area contributed by atoms with E-state index in [2.05, 4.69) is 38.2 Å². The molecule has 0 bridgehead atoms. The minimum Gasteiger partial charge on any atom is -0.273 e. The largest absolute Gasteiger partial charge is 2.00 e. The zero-order valence-corrected chi connectivity index (χ0v) is 10.7. The van der Waals surface area contributed by atoms with Gasteiger partial charge in [0.15, 0.2) is 0 Å². The maximum atomic E-state index is 3.19. The van der Waals surface area contributed by atoms with Crippen LogP contribution in [0.15, 0.2) is 35.5 Å². The summed E-state index contributed by atoms with van der Waals surface area (Å²) in [4.78, 5) is 0. The molecular weight excluding hydrogens is 235 g/mol. The monoisotopic (exact) mass is 248 g/mol. The van der Waals surface area contributed by atoms with E-state index >= 15 is 0 Å². The first kappa shape index (κ1) is 12.8. The second kappa shape index (κ2) is 7.27. The molecule has 2 aliphatic carbocycles. The van der Waals surface area contributed by atoms with Crippen LogP contribution in [0.25, 0.3) is 0 Å². The summed E-state index contributed by atoms with van der Waals surface area (Å²) >= 11 is 0. The summed E-state index contributed by atoms with van der Waals surface area (Å²) in [5.74, 6) is 0. The first-order valence-corrected chi connectivity index (χ1v) is 4.27. The second-order valence-corrected chi connectivity index (χ2v) is 2.90. The van der Waals surface area contributed by atoms with Crippen molar-refractivity contribution in [2.24, 2.45) is 0 Å². The molecule has 0 saturated heterocycles. The molecule has 0 N–H and O–H groups in total. The van der Waals surface area contributed by atoms with Crippen molar-refractivity contribution < 1.29 is 26.2 Å². The van der Waals surface area contributed by atoms with Gasteiger partial charge in [0.2, 0.25) is 0 Å². The Bertz CT molecular complexity index is 228. The molecule has 13 heavy (non-hydrogen) atoms. The Hall–Kier alpha value is -0.157. The van der Waals surface area contributed by atoms with E-state index < -0.39 is 0 Å². The molecule has 66 valence electrons. The van der Waals surface area contributed by atoms with Gasteiger partial charge in [-0.1, -0.05) is 6.92 Å². The van der Waals surface area contributed by atoms with Crippen molar-refractivity contribution in [1.82, 2.24) is 0 Å². The predicted octanol–water partition coefficient (Wildman–Crippen LogP) is 3.39. The Morgan fingerprint density at radius 1 is 1.23 bits per heavy atom. The normalized spacial score (nSPS) is 17.1. The molecule has 0 aromatic heterocycles. The zero-order valence-electron chi connectivity index (χ0n) is 8.22. The van der Waals surface area contributed by atoms with Crippen LogP contribution in [0.5, 0.6) is 0 Å². The summed E-state index contributed by atoms with van der Waals surface area (Å²) in [5, 5.41) is 0. The first-order chi connectivity index (χ1) is 5.80. The van der Waals surface area contributed by atoms with Crippen LogP contribution in [-0.2, 0) is 26.2 Å². The third-order valence-electron chi connectivity index (χ3n) is 1.95. The molecule has 0 aliphatic heterocycles. The Labute approximate surface area is 100 Å². The second-order valence-electron chi connectivity index (χ2n) is 2.90. The molecule has 1 heteroatoms.